The third-order valence-corrected chi connectivity index (χ3v) is 3.63. The van der Waals surface area contributed by atoms with E-state index in [-0.39, 0.29) is 39.0 Å². The van der Waals surface area contributed by atoms with Gasteiger partial charge in [-0.2, -0.15) is 0 Å². The Bertz CT molecular complexity index is 553. The second kappa shape index (κ2) is 19.0. The Labute approximate surface area is 180 Å². The molecule has 2 heterocycles. The Hall–Kier alpha value is -1.37. The van der Waals surface area contributed by atoms with E-state index in [0.29, 0.717) is 11.1 Å². The number of hydrogen-bond donors (Lipinski definition) is 0. The van der Waals surface area contributed by atoms with E-state index in [4.69, 9.17) is 15.7 Å². The smallest absolute Gasteiger partial charge is 0.573 e. The molecule has 2 aromatic heterocycles. The number of pyridine rings is 2. The molecule has 2 aromatic rings. The molecule has 0 N–H and O–H groups in total. The zero-order valence-electron chi connectivity index (χ0n) is 12.2. The summed E-state index contributed by atoms with van der Waals surface area (Å²) in [7, 11) is 0. The van der Waals surface area contributed by atoms with Crippen molar-refractivity contribution in [1.29, 1.82) is 0 Å². The van der Waals surface area contributed by atoms with Crippen molar-refractivity contribution in [3.05, 3.63) is 60.2 Å². The standard InChI is InChI=1S/2C6H5NO2.2CO.2Ru.Sn/c2*8-6(9)5-1-3-7-4-2-5;2*1-2;;;/h2*1-4H,(H,8,9);;;;;/q;;2*-1;2*+1;+2/p-2. The summed E-state index contributed by atoms with van der Waals surface area (Å²) in [6, 6.07) is 6.14. The van der Waals surface area contributed by atoms with Gasteiger partial charge in [0.15, 0.2) is 0 Å². The average Bonchev–Trinajstić information content (AvgIpc) is 2.66. The predicted octanol–water partition coefficient (Wildman–Crippen LogP) is 0.225. The van der Waals surface area contributed by atoms with Gasteiger partial charge >= 0.3 is 159 Å². The molecule has 6 radical (unpaired) electrons. The maximum absolute atomic E-state index is 11.6. The first kappa shape index (κ1) is 28.4. The molecule has 8 nitrogen and oxygen atoms in total. The van der Waals surface area contributed by atoms with Crippen molar-refractivity contribution in [3.8, 4) is 0 Å². The largest absolute Gasteiger partial charge is 1.00 e. The molecule has 0 fully saturated rings. The summed E-state index contributed by atoms with van der Waals surface area (Å²) in [6.45, 7) is 9.00. The molecule has 0 bridgehead atoms. The van der Waals surface area contributed by atoms with E-state index in [2.05, 4.69) is 23.5 Å². The van der Waals surface area contributed by atoms with Crippen LogP contribution in [-0.4, -0.2) is 57.5 Å². The fourth-order valence-corrected chi connectivity index (χ4v) is 2.41. The van der Waals surface area contributed by atoms with Crippen LogP contribution in [0.25, 0.3) is 0 Å². The van der Waals surface area contributed by atoms with E-state index in [0.717, 1.165) is 0 Å². The van der Waals surface area contributed by atoms with E-state index in [1.165, 1.54) is 49.1 Å². The molecule has 11 heteroatoms. The van der Waals surface area contributed by atoms with Crippen LogP contribution < -0.4 is 0 Å². The number of rotatable bonds is 4. The molecule has 0 aliphatic rings. The minimum absolute atomic E-state index is 0. The third kappa shape index (κ3) is 11.7. The number of carbonyl (C=O) groups excluding carboxylic acids is 4. The third-order valence-electron chi connectivity index (χ3n) is 2.10. The van der Waals surface area contributed by atoms with E-state index in [1.807, 2.05) is 0 Å². The van der Waals surface area contributed by atoms with Crippen molar-refractivity contribution < 1.29 is 64.3 Å². The van der Waals surface area contributed by atoms with E-state index in [1.54, 1.807) is 0 Å². The van der Waals surface area contributed by atoms with Crippen molar-refractivity contribution in [3.63, 3.8) is 0 Å². The first-order valence-electron chi connectivity index (χ1n) is 5.65. The van der Waals surface area contributed by atoms with Crippen LogP contribution >= 0.6 is 0 Å². The Kier molecular flexibility index (Phi) is 21.6. The Balaban J connectivity index is -0.000000752. The van der Waals surface area contributed by atoms with Crippen molar-refractivity contribution >= 4 is 47.5 Å². The summed E-state index contributed by atoms with van der Waals surface area (Å²) in [5, 5.41) is 0. The van der Waals surface area contributed by atoms with Gasteiger partial charge in [-0.1, -0.05) is 0 Å². The van der Waals surface area contributed by atoms with Gasteiger partial charge in [-0.05, 0) is 0 Å². The minimum Gasteiger partial charge on any atom is -0.573 e. The molecule has 0 unspecified atom stereocenters. The van der Waals surface area contributed by atoms with Crippen LogP contribution in [0.15, 0.2) is 49.1 Å². The second-order valence-electron chi connectivity index (χ2n) is 3.33. The number of carbonyl (C=O) groups is 2. The predicted molar refractivity (Wildman–Crippen MR) is 76.4 cm³/mol. The number of nitrogens with zero attached hydrogens (tertiary/aromatic N) is 2. The van der Waals surface area contributed by atoms with Crippen molar-refractivity contribution in [2.45, 2.75) is 0 Å². The molecule has 0 saturated heterocycles. The Morgan fingerprint density at radius 1 is 0.720 bits per heavy atom. The van der Waals surface area contributed by atoms with Crippen LogP contribution in [0.4, 0.5) is 0 Å². The van der Waals surface area contributed by atoms with Gasteiger partial charge in [-0.15, -0.1) is 0 Å². The zero-order valence-corrected chi connectivity index (χ0v) is 18.5. The van der Waals surface area contributed by atoms with Crippen LogP contribution in [0, 0.1) is 0 Å². The van der Waals surface area contributed by atoms with E-state index >= 15 is 0 Å². The van der Waals surface area contributed by atoms with Gasteiger partial charge in [0, 0.05) is 0 Å². The summed E-state index contributed by atoms with van der Waals surface area (Å²) in [4.78, 5) is 45.7. The molecule has 0 atom stereocenters. The monoisotopic (exact) mass is 624 g/mol. The maximum atomic E-state index is 11.6. The molecule has 0 aromatic carbocycles. The van der Waals surface area contributed by atoms with Crippen LogP contribution in [-0.2, 0) is 54.7 Å². The van der Waals surface area contributed by atoms with Gasteiger partial charge < -0.3 is 23.2 Å². The quantitative estimate of drug-likeness (QED) is 0.353. The average molecular weight is 621 g/mol. The molecule has 25 heavy (non-hydrogen) atoms. The van der Waals surface area contributed by atoms with E-state index in [9.17, 15) is 9.59 Å². The molecular weight excluding hydrogens is 613 g/mol. The second-order valence-corrected chi connectivity index (χ2v) is 4.98. The Morgan fingerprint density at radius 3 is 1.28 bits per heavy atom. The van der Waals surface area contributed by atoms with Gasteiger partial charge in [-0.3, -0.25) is 0 Å². The summed E-state index contributed by atoms with van der Waals surface area (Å²) >= 11 is -2.00. The van der Waals surface area contributed by atoms with Crippen molar-refractivity contribution in [2.24, 2.45) is 0 Å². The van der Waals surface area contributed by atoms with Crippen LogP contribution in [0.3, 0.4) is 0 Å². The molecule has 0 amide bonds. The van der Waals surface area contributed by atoms with E-state index < -0.39 is 33.9 Å². The molecule has 0 aliphatic heterocycles. The van der Waals surface area contributed by atoms with Gasteiger partial charge in [0.25, 0.3) is 0 Å². The van der Waals surface area contributed by atoms with Gasteiger partial charge in [0.1, 0.15) is 0 Å². The Morgan fingerprint density at radius 2 is 1.00 bits per heavy atom. The summed E-state index contributed by atoms with van der Waals surface area (Å²) in [6.07, 6.45) is 5.96. The normalized spacial score (nSPS) is 7.68. The molecule has 130 valence electrons. The number of hydrogen-bond acceptors (Lipinski definition) is 8. The first-order valence-corrected chi connectivity index (χ1v) is 7.98. The first-order chi connectivity index (χ1) is 11.3. The van der Waals surface area contributed by atoms with Gasteiger partial charge in [-0.25, -0.2) is 0 Å². The summed E-state index contributed by atoms with van der Waals surface area (Å²) in [5.41, 5.74) is 0.770. The molecule has 0 spiro atoms. The van der Waals surface area contributed by atoms with Crippen LogP contribution in [0.5, 0.6) is 0 Å². The SMILES string of the molecule is O=C([O][Sn][O]C(=O)c1ccncc1)c1ccncc1.[C-]=O.[C-]=O.[Ru+].[Ru+]. The van der Waals surface area contributed by atoms with Crippen molar-refractivity contribution in [1.82, 2.24) is 9.97 Å². The van der Waals surface area contributed by atoms with Crippen LogP contribution in [0.2, 0.25) is 0 Å². The van der Waals surface area contributed by atoms with Gasteiger partial charge in [0.05, 0.1) is 0 Å². The molecular formula is C14H8N2O6Ru2Sn. The summed E-state index contributed by atoms with van der Waals surface area (Å²) < 4.78 is 9.93. The van der Waals surface area contributed by atoms with Crippen molar-refractivity contribution in [2.75, 3.05) is 0 Å². The fourth-order valence-electron chi connectivity index (χ4n) is 1.19. The zero-order chi connectivity index (χ0) is 17.5. The fraction of sp³-hybridized carbons (Fsp3) is 0. The number of aromatic nitrogens is 2. The molecule has 2 rings (SSSR count). The topological polar surface area (TPSA) is 113 Å². The van der Waals surface area contributed by atoms with Gasteiger partial charge in [0.2, 0.25) is 0 Å². The maximum Gasteiger partial charge on any atom is 1.00 e. The molecule has 0 saturated carbocycles. The molecule has 0 aliphatic carbocycles. The summed E-state index contributed by atoms with van der Waals surface area (Å²) in [5.74, 6) is -1.01. The minimum atomic E-state index is -2.00. The van der Waals surface area contributed by atoms with Crippen LogP contribution in [0.1, 0.15) is 20.7 Å².